The van der Waals surface area contributed by atoms with E-state index in [1.54, 1.807) is 18.2 Å². The lowest BCUT2D eigenvalue weighted by molar-refractivity contribution is -0.115. The number of rotatable bonds is 4. The van der Waals surface area contributed by atoms with E-state index in [9.17, 15) is 4.79 Å². The number of benzene rings is 2. The number of para-hydroxylation sites is 1. The molecule has 0 atom stereocenters. The van der Waals surface area contributed by atoms with Crippen LogP contribution in [0.3, 0.4) is 0 Å². The molecule has 2 aromatic carbocycles. The van der Waals surface area contributed by atoms with Gasteiger partial charge in [-0.1, -0.05) is 29.8 Å². The number of halogens is 1. The Hall–Kier alpha value is -2.44. The molecule has 2 aromatic rings. The van der Waals surface area contributed by atoms with Crippen LogP contribution in [0.5, 0.6) is 11.5 Å². The van der Waals surface area contributed by atoms with Gasteiger partial charge in [-0.25, -0.2) is 4.99 Å². The summed E-state index contributed by atoms with van der Waals surface area (Å²) in [5, 5.41) is 3.74. The summed E-state index contributed by atoms with van der Waals surface area (Å²) in [5.74, 6) is 0.763. The molecule has 1 saturated heterocycles. The van der Waals surface area contributed by atoms with Gasteiger partial charge >= 0.3 is 0 Å². The van der Waals surface area contributed by atoms with Gasteiger partial charge in [0.15, 0.2) is 16.7 Å². The predicted molar refractivity (Wildman–Crippen MR) is 107 cm³/mol. The van der Waals surface area contributed by atoms with Gasteiger partial charge in [0.1, 0.15) is 0 Å². The number of amides is 1. The Morgan fingerprint density at radius 2 is 1.96 bits per heavy atom. The third-order valence-electron chi connectivity index (χ3n) is 3.74. The van der Waals surface area contributed by atoms with Gasteiger partial charge in [-0.15, -0.1) is 0 Å². The maximum atomic E-state index is 12.3. The molecular weight excluding hydrogens is 372 g/mol. The summed E-state index contributed by atoms with van der Waals surface area (Å²) in [4.78, 5) is 17.3. The number of amidine groups is 1. The maximum absolute atomic E-state index is 12.3. The number of aliphatic imine (C=N–C) groups is 1. The number of thioether (sulfide) groups is 1. The molecule has 1 aliphatic heterocycles. The van der Waals surface area contributed by atoms with Crippen LogP contribution in [-0.4, -0.2) is 25.3 Å². The zero-order valence-electron chi connectivity index (χ0n) is 14.5. The summed E-state index contributed by atoms with van der Waals surface area (Å²) < 4.78 is 10.5. The van der Waals surface area contributed by atoms with Crippen LogP contribution >= 0.6 is 23.4 Å². The number of methoxy groups -OCH3 is 2. The standard InChI is InChI=1S/C19H17ClN2O3S/c1-11-6-4-5-7-14(11)21-19-22-18(23)16(26-19)10-12-8-13(20)17(25-3)15(9-12)24-2/h4-10H,1-3H3,(H,21,22,23). The fraction of sp³-hybridized carbons (Fsp3) is 0.158. The van der Waals surface area contributed by atoms with Gasteiger partial charge < -0.3 is 14.8 Å². The summed E-state index contributed by atoms with van der Waals surface area (Å²) in [7, 11) is 3.06. The highest BCUT2D eigenvalue weighted by Gasteiger charge is 2.24. The molecule has 1 fully saturated rings. The molecule has 0 radical (unpaired) electrons. The third kappa shape index (κ3) is 3.86. The smallest absolute Gasteiger partial charge is 0.264 e. The van der Waals surface area contributed by atoms with E-state index in [1.807, 2.05) is 31.2 Å². The summed E-state index contributed by atoms with van der Waals surface area (Å²) in [6.07, 6.45) is 1.74. The molecule has 1 aliphatic rings. The minimum Gasteiger partial charge on any atom is -0.493 e. The second-order valence-electron chi connectivity index (χ2n) is 5.51. The average Bonchev–Trinajstić information content (AvgIpc) is 2.95. The maximum Gasteiger partial charge on any atom is 0.264 e. The third-order valence-corrected chi connectivity index (χ3v) is 4.93. The number of hydrogen-bond donors (Lipinski definition) is 1. The van der Waals surface area contributed by atoms with Crippen molar-refractivity contribution in [3.8, 4) is 11.5 Å². The van der Waals surface area contributed by atoms with Crippen molar-refractivity contribution in [2.24, 2.45) is 4.99 Å². The molecule has 0 aromatic heterocycles. The van der Waals surface area contributed by atoms with E-state index in [0.717, 1.165) is 16.8 Å². The van der Waals surface area contributed by atoms with Gasteiger partial charge in [0.05, 0.1) is 29.8 Å². The highest BCUT2D eigenvalue weighted by molar-refractivity contribution is 8.18. The van der Waals surface area contributed by atoms with Gasteiger partial charge in [0.25, 0.3) is 5.91 Å². The molecule has 1 N–H and O–H groups in total. The number of carbonyl (C=O) groups excluding carboxylic acids is 1. The van der Waals surface area contributed by atoms with E-state index >= 15 is 0 Å². The van der Waals surface area contributed by atoms with Crippen LogP contribution in [-0.2, 0) is 4.79 Å². The highest BCUT2D eigenvalue weighted by Crippen LogP contribution is 2.37. The van der Waals surface area contributed by atoms with E-state index in [-0.39, 0.29) is 5.91 Å². The number of nitrogens with zero attached hydrogens (tertiary/aromatic N) is 1. The SMILES string of the molecule is COc1cc(C=C2SC(=Nc3ccccc3C)NC2=O)cc(Cl)c1OC. The van der Waals surface area contributed by atoms with Gasteiger partial charge in [-0.05, 0) is 54.1 Å². The molecule has 0 spiro atoms. The van der Waals surface area contributed by atoms with Crippen LogP contribution in [0, 0.1) is 6.92 Å². The molecule has 134 valence electrons. The van der Waals surface area contributed by atoms with Crippen LogP contribution < -0.4 is 14.8 Å². The highest BCUT2D eigenvalue weighted by atomic mass is 35.5. The number of carbonyl (C=O) groups is 1. The van der Waals surface area contributed by atoms with Crippen molar-refractivity contribution >= 4 is 46.2 Å². The van der Waals surface area contributed by atoms with Crippen LogP contribution in [0.4, 0.5) is 5.69 Å². The molecule has 0 unspecified atom stereocenters. The number of hydrogen-bond acceptors (Lipinski definition) is 5. The molecule has 7 heteroatoms. The molecule has 0 bridgehead atoms. The fourth-order valence-electron chi connectivity index (χ4n) is 2.45. The summed E-state index contributed by atoms with van der Waals surface area (Å²) in [6.45, 7) is 1.98. The van der Waals surface area contributed by atoms with Gasteiger partial charge in [-0.3, -0.25) is 4.79 Å². The molecular formula is C19H17ClN2O3S. The first-order valence-electron chi connectivity index (χ1n) is 7.78. The second-order valence-corrected chi connectivity index (χ2v) is 6.94. The van der Waals surface area contributed by atoms with Gasteiger partial charge in [0, 0.05) is 0 Å². The summed E-state index contributed by atoms with van der Waals surface area (Å²) in [5.41, 5.74) is 2.60. The summed E-state index contributed by atoms with van der Waals surface area (Å²) in [6, 6.07) is 11.2. The Morgan fingerprint density at radius 3 is 2.65 bits per heavy atom. The minimum absolute atomic E-state index is 0.201. The minimum atomic E-state index is -0.201. The van der Waals surface area contributed by atoms with Crippen molar-refractivity contribution in [2.45, 2.75) is 6.92 Å². The first-order chi connectivity index (χ1) is 12.5. The molecule has 1 amide bonds. The van der Waals surface area contributed by atoms with E-state index in [0.29, 0.717) is 26.6 Å². The fourth-order valence-corrected chi connectivity index (χ4v) is 3.58. The molecule has 0 aliphatic carbocycles. The van der Waals surface area contributed by atoms with Crippen molar-refractivity contribution in [1.82, 2.24) is 5.32 Å². The van der Waals surface area contributed by atoms with Crippen LogP contribution in [0.25, 0.3) is 6.08 Å². The van der Waals surface area contributed by atoms with Crippen molar-refractivity contribution in [2.75, 3.05) is 14.2 Å². The lowest BCUT2D eigenvalue weighted by Crippen LogP contribution is -2.19. The van der Waals surface area contributed by atoms with Crippen molar-refractivity contribution in [3.63, 3.8) is 0 Å². The Balaban J connectivity index is 1.90. The van der Waals surface area contributed by atoms with Gasteiger partial charge in [0.2, 0.25) is 0 Å². The van der Waals surface area contributed by atoms with Crippen molar-refractivity contribution in [3.05, 3.63) is 57.5 Å². The largest absolute Gasteiger partial charge is 0.493 e. The normalized spacial score (nSPS) is 16.8. The zero-order valence-corrected chi connectivity index (χ0v) is 16.1. The van der Waals surface area contributed by atoms with E-state index in [1.165, 1.54) is 26.0 Å². The quantitative estimate of drug-likeness (QED) is 0.780. The number of ether oxygens (including phenoxy) is 2. The molecule has 26 heavy (non-hydrogen) atoms. The van der Waals surface area contributed by atoms with Gasteiger partial charge in [-0.2, -0.15) is 0 Å². The first-order valence-corrected chi connectivity index (χ1v) is 8.98. The molecule has 1 heterocycles. The van der Waals surface area contributed by atoms with Crippen LogP contribution in [0.15, 0.2) is 46.3 Å². The van der Waals surface area contributed by atoms with Crippen LogP contribution in [0.1, 0.15) is 11.1 Å². The Bertz CT molecular complexity index is 925. The van der Waals surface area contributed by atoms with Crippen molar-refractivity contribution < 1.29 is 14.3 Å². The average molecular weight is 389 g/mol. The topological polar surface area (TPSA) is 59.9 Å². The predicted octanol–water partition coefficient (Wildman–Crippen LogP) is 4.56. The second kappa shape index (κ2) is 7.85. The number of nitrogens with one attached hydrogen (secondary N) is 1. The van der Waals surface area contributed by atoms with Crippen molar-refractivity contribution in [1.29, 1.82) is 0 Å². The number of aryl methyl sites for hydroxylation is 1. The Kier molecular flexibility index (Phi) is 5.54. The Morgan fingerprint density at radius 1 is 1.19 bits per heavy atom. The van der Waals surface area contributed by atoms with E-state index in [4.69, 9.17) is 21.1 Å². The molecule has 5 nitrogen and oxygen atoms in total. The monoisotopic (exact) mass is 388 g/mol. The summed E-state index contributed by atoms with van der Waals surface area (Å²) >= 11 is 7.51. The lowest BCUT2D eigenvalue weighted by atomic mass is 10.2. The van der Waals surface area contributed by atoms with Crippen LogP contribution in [0.2, 0.25) is 5.02 Å². The van der Waals surface area contributed by atoms with E-state index in [2.05, 4.69) is 10.3 Å². The van der Waals surface area contributed by atoms with E-state index < -0.39 is 0 Å². The Labute approximate surface area is 161 Å². The zero-order chi connectivity index (χ0) is 18.7. The first kappa shape index (κ1) is 18.4. The molecule has 0 saturated carbocycles. The molecule has 3 rings (SSSR count). The lowest BCUT2D eigenvalue weighted by Gasteiger charge is -2.10.